The van der Waals surface area contributed by atoms with Gasteiger partial charge in [0.2, 0.25) is 0 Å². The number of hydrogen-bond donors (Lipinski definition) is 1. The third kappa shape index (κ3) is 2.60. The van der Waals surface area contributed by atoms with E-state index in [9.17, 15) is 5.11 Å². The smallest absolute Gasteiger partial charge is 0.105 e. The molecule has 2 unspecified atom stereocenters. The molecule has 0 aromatic rings. The van der Waals surface area contributed by atoms with Crippen LogP contribution in [0.15, 0.2) is 0 Å². The molecule has 0 amide bonds. The van der Waals surface area contributed by atoms with Gasteiger partial charge in [-0.25, -0.2) is 5.11 Å². The van der Waals surface area contributed by atoms with E-state index in [2.05, 4.69) is 0 Å². The van der Waals surface area contributed by atoms with Gasteiger partial charge in [-0.2, -0.15) is 0 Å². The topological polar surface area (TPSA) is 45.9 Å². The maximum atomic E-state index is 10.3. The molecule has 0 aliphatic carbocycles. The van der Waals surface area contributed by atoms with Crippen molar-refractivity contribution < 1.29 is 5.11 Å². The molecule has 2 atom stereocenters. The van der Waals surface area contributed by atoms with Crippen LogP contribution in [0.5, 0.6) is 0 Å². The summed E-state index contributed by atoms with van der Waals surface area (Å²) in [5.74, 6) is 0. The molecular weight excluding hydrogens is 90.1 g/mol. The molecule has 2 N–H and O–H groups in total. The summed E-state index contributed by atoms with van der Waals surface area (Å²) in [4.78, 5) is 0. The van der Waals surface area contributed by atoms with E-state index in [1.54, 1.807) is 6.92 Å². The molecule has 0 bridgehead atoms. The van der Waals surface area contributed by atoms with Crippen molar-refractivity contribution in [3.8, 4) is 0 Å². The minimum Gasteiger partial charge on any atom is -0.325 e. The predicted octanol–water partition coefficient (Wildman–Crippen LogP) is 0.543. The highest BCUT2D eigenvalue weighted by Crippen LogP contribution is 1.92. The van der Waals surface area contributed by atoms with E-state index in [-0.39, 0.29) is 6.04 Å². The monoisotopic (exact) mass is 102 g/mol. The van der Waals surface area contributed by atoms with Crippen molar-refractivity contribution in [3.63, 3.8) is 0 Å². The van der Waals surface area contributed by atoms with Crippen LogP contribution in [-0.2, 0) is 5.11 Å². The summed E-state index contributed by atoms with van der Waals surface area (Å²) in [6.07, 6.45) is 0.176. The fourth-order valence-electron chi connectivity index (χ4n) is 0.332. The zero-order valence-corrected chi connectivity index (χ0v) is 4.85. The molecule has 0 heterocycles. The van der Waals surface area contributed by atoms with E-state index in [4.69, 9.17) is 5.73 Å². The lowest BCUT2D eigenvalue weighted by molar-refractivity contribution is 0.0806. The van der Waals surface area contributed by atoms with Gasteiger partial charge in [-0.1, -0.05) is 6.92 Å². The molecule has 0 aromatic carbocycles. The molecule has 2 nitrogen and oxygen atoms in total. The van der Waals surface area contributed by atoms with Crippen molar-refractivity contribution in [3.05, 3.63) is 0 Å². The molecule has 43 valence electrons. The predicted molar refractivity (Wildman–Crippen MR) is 28.4 cm³/mol. The summed E-state index contributed by atoms with van der Waals surface area (Å²) >= 11 is 0. The summed E-state index contributed by atoms with van der Waals surface area (Å²) in [7, 11) is 0. The van der Waals surface area contributed by atoms with Crippen LogP contribution in [0.2, 0.25) is 0 Å². The van der Waals surface area contributed by atoms with Crippen molar-refractivity contribution >= 4 is 0 Å². The van der Waals surface area contributed by atoms with E-state index in [1.165, 1.54) is 0 Å². The molecule has 0 saturated carbocycles. The van der Waals surface area contributed by atoms with Gasteiger partial charge in [0.1, 0.15) is 6.10 Å². The first-order valence-corrected chi connectivity index (χ1v) is 2.60. The normalized spacial score (nSPS) is 18.9. The Hall–Kier alpha value is -0.0800. The molecular formula is C5H12NO. The summed E-state index contributed by atoms with van der Waals surface area (Å²) in [6, 6.07) is -0.153. The minimum atomic E-state index is -0.606. The van der Waals surface area contributed by atoms with Crippen LogP contribution in [0.25, 0.3) is 0 Å². The van der Waals surface area contributed by atoms with Crippen molar-refractivity contribution in [1.29, 1.82) is 0 Å². The van der Waals surface area contributed by atoms with Gasteiger partial charge in [0.15, 0.2) is 0 Å². The van der Waals surface area contributed by atoms with Crippen LogP contribution in [0, 0.1) is 0 Å². The average molecular weight is 102 g/mol. The van der Waals surface area contributed by atoms with Gasteiger partial charge in [0.25, 0.3) is 0 Å². The third-order valence-electron chi connectivity index (χ3n) is 1.07. The first-order valence-electron chi connectivity index (χ1n) is 2.60. The fourth-order valence-corrected chi connectivity index (χ4v) is 0.332. The van der Waals surface area contributed by atoms with Gasteiger partial charge in [-0.3, -0.25) is 0 Å². The quantitative estimate of drug-likeness (QED) is 0.543. The van der Waals surface area contributed by atoms with Crippen LogP contribution < -0.4 is 5.73 Å². The highest BCUT2D eigenvalue weighted by atomic mass is 16.3. The molecule has 7 heavy (non-hydrogen) atoms. The van der Waals surface area contributed by atoms with Gasteiger partial charge >= 0.3 is 0 Å². The highest BCUT2D eigenvalue weighted by molar-refractivity contribution is 4.62. The number of rotatable bonds is 2. The van der Waals surface area contributed by atoms with Crippen molar-refractivity contribution in [2.75, 3.05) is 0 Å². The second kappa shape index (κ2) is 2.99. The Morgan fingerprint density at radius 2 is 2.14 bits per heavy atom. The number of nitrogens with two attached hydrogens (primary N) is 1. The van der Waals surface area contributed by atoms with E-state index in [0.717, 1.165) is 6.42 Å². The standard InChI is InChI=1S/C5H12NO/c1-3-5(6)4(2)7/h4-5H,3,6H2,1-2H3. The SMILES string of the molecule is CCC(N)C(C)[O]. The first-order chi connectivity index (χ1) is 3.18. The van der Waals surface area contributed by atoms with Gasteiger partial charge in [-0.05, 0) is 13.3 Å². The molecule has 0 aliphatic rings. The molecule has 0 saturated heterocycles. The summed E-state index contributed by atoms with van der Waals surface area (Å²) < 4.78 is 0. The molecule has 0 rings (SSSR count). The third-order valence-corrected chi connectivity index (χ3v) is 1.07. The van der Waals surface area contributed by atoms with E-state index in [0.29, 0.717) is 0 Å². The van der Waals surface area contributed by atoms with Crippen molar-refractivity contribution in [1.82, 2.24) is 0 Å². The minimum absolute atomic E-state index is 0.153. The summed E-state index contributed by atoms with van der Waals surface area (Å²) in [5, 5.41) is 10.3. The average Bonchev–Trinajstić information content (AvgIpc) is 1.65. The Morgan fingerprint density at radius 3 is 2.14 bits per heavy atom. The Kier molecular flexibility index (Phi) is 2.96. The van der Waals surface area contributed by atoms with E-state index in [1.807, 2.05) is 6.92 Å². The van der Waals surface area contributed by atoms with Crippen LogP contribution in [0.3, 0.4) is 0 Å². The van der Waals surface area contributed by atoms with Crippen molar-refractivity contribution in [2.45, 2.75) is 32.4 Å². The first kappa shape index (κ1) is 6.92. The summed E-state index contributed by atoms with van der Waals surface area (Å²) in [6.45, 7) is 3.51. The Bertz CT molecular complexity index is 45.3. The van der Waals surface area contributed by atoms with Gasteiger partial charge in [-0.15, -0.1) is 0 Å². The molecule has 0 aliphatic heterocycles. The summed E-state index contributed by atoms with van der Waals surface area (Å²) in [5.41, 5.74) is 5.30. The lowest BCUT2D eigenvalue weighted by Gasteiger charge is -2.07. The molecule has 0 spiro atoms. The van der Waals surface area contributed by atoms with Crippen molar-refractivity contribution in [2.24, 2.45) is 5.73 Å². The zero-order valence-electron chi connectivity index (χ0n) is 4.85. The Balaban J connectivity index is 3.14. The molecule has 1 radical (unpaired) electrons. The van der Waals surface area contributed by atoms with Crippen LogP contribution >= 0.6 is 0 Å². The highest BCUT2D eigenvalue weighted by Gasteiger charge is 2.05. The molecule has 0 fully saturated rings. The Morgan fingerprint density at radius 1 is 1.71 bits per heavy atom. The second-order valence-corrected chi connectivity index (χ2v) is 1.78. The lowest BCUT2D eigenvalue weighted by atomic mass is 10.1. The molecule has 2 heteroatoms. The lowest BCUT2D eigenvalue weighted by Crippen LogP contribution is -2.30. The van der Waals surface area contributed by atoms with E-state index >= 15 is 0 Å². The number of hydrogen-bond acceptors (Lipinski definition) is 1. The zero-order chi connectivity index (χ0) is 5.86. The second-order valence-electron chi connectivity index (χ2n) is 1.78. The Labute approximate surface area is 44.3 Å². The fraction of sp³-hybridized carbons (Fsp3) is 1.00. The maximum absolute atomic E-state index is 10.3. The molecule has 0 aromatic heterocycles. The van der Waals surface area contributed by atoms with Crippen LogP contribution in [0.4, 0.5) is 0 Å². The maximum Gasteiger partial charge on any atom is 0.105 e. The van der Waals surface area contributed by atoms with Gasteiger partial charge < -0.3 is 5.73 Å². The van der Waals surface area contributed by atoms with E-state index < -0.39 is 6.10 Å². The van der Waals surface area contributed by atoms with Crippen LogP contribution in [0.1, 0.15) is 20.3 Å². The van der Waals surface area contributed by atoms with Gasteiger partial charge in [0, 0.05) is 6.04 Å². The van der Waals surface area contributed by atoms with Gasteiger partial charge in [0.05, 0.1) is 0 Å². The largest absolute Gasteiger partial charge is 0.325 e. The van der Waals surface area contributed by atoms with Crippen LogP contribution in [-0.4, -0.2) is 12.1 Å².